The van der Waals surface area contributed by atoms with Crippen molar-refractivity contribution in [2.45, 2.75) is 78.3 Å². The molecular weight excluding hydrogens is 228 g/mol. The fourth-order valence-electron chi connectivity index (χ4n) is 1.85. The molecule has 0 rings (SSSR count). The first kappa shape index (κ1) is 16.6. The van der Waals surface area contributed by atoms with E-state index in [1.165, 1.54) is 0 Å². The van der Waals surface area contributed by atoms with Crippen LogP contribution in [-0.2, 0) is 9.59 Å². The lowest BCUT2D eigenvalue weighted by Crippen LogP contribution is -2.46. The van der Waals surface area contributed by atoms with Gasteiger partial charge in [0.1, 0.15) is 10.8 Å². The average molecular weight is 256 g/mol. The van der Waals surface area contributed by atoms with E-state index in [-0.39, 0.29) is 10.8 Å². The molecule has 0 aliphatic rings. The maximum atomic E-state index is 12.1. The molecule has 0 aromatic heterocycles. The molecule has 0 heterocycles. The molecule has 0 aromatic carbocycles. The predicted octanol–water partition coefficient (Wildman–Crippen LogP) is 4.07. The second-order valence-corrected chi connectivity index (χ2v) is 9.75. The molecule has 0 spiro atoms. The first-order chi connectivity index (χ1) is 7.96. The van der Waals surface area contributed by atoms with Crippen LogP contribution in [0.4, 0.5) is 0 Å². The molecule has 0 N–H and O–H groups in total. The summed E-state index contributed by atoms with van der Waals surface area (Å²) in [6.45, 7) is 8.11. The van der Waals surface area contributed by atoms with Gasteiger partial charge in [-0.3, -0.25) is 0 Å². The van der Waals surface area contributed by atoms with Gasteiger partial charge in [-0.05, 0) is 12.8 Å². The van der Waals surface area contributed by atoms with Crippen molar-refractivity contribution in [2.75, 3.05) is 0 Å². The van der Waals surface area contributed by atoms with Gasteiger partial charge in [-0.2, -0.15) is 0 Å². The zero-order chi connectivity index (χ0) is 13.3. The highest BCUT2D eigenvalue weighted by molar-refractivity contribution is 7.23. The number of rotatable bonds is 10. The first-order valence-electron chi connectivity index (χ1n) is 7.03. The third kappa shape index (κ3) is 6.15. The van der Waals surface area contributed by atoms with Crippen molar-refractivity contribution in [3.8, 4) is 0 Å². The second-order valence-electron chi connectivity index (χ2n) is 5.39. The van der Waals surface area contributed by atoms with E-state index in [1.54, 1.807) is 0 Å². The van der Waals surface area contributed by atoms with Gasteiger partial charge in [-0.15, -0.1) is 0 Å². The number of hydrogen-bond donors (Lipinski definition) is 0. The predicted molar refractivity (Wildman–Crippen MR) is 75.8 cm³/mol. The van der Waals surface area contributed by atoms with Crippen LogP contribution in [0.5, 0.6) is 0 Å². The Morgan fingerprint density at radius 2 is 1.12 bits per heavy atom. The minimum Gasteiger partial charge on any atom is -0.305 e. The molecule has 3 heteroatoms. The fraction of sp³-hybridized carbons (Fsp3) is 0.857. The van der Waals surface area contributed by atoms with Gasteiger partial charge in [-0.25, -0.2) is 0 Å². The Bertz CT molecular complexity index is 223. The lowest BCUT2D eigenvalue weighted by atomic mass is 10.2. The van der Waals surface area contributed by atoms with E-state index in [1.807, 2.05) is 13.1 Å². The Balaban J connectivity index is 4.13. The quantitative estimate of drug-likeness (QED) is 0.436. The highest BCUT2D eigenvalue weighted by Gasteiger charge is 2.37. The van der Waals surface area contributed by atoms with E-state index in [0.717, 1.165) is 38.5 Å². The van der Waals surface area contributed by atoms with Crippen LogP contribution in [0.1, 0.15) is 65.2 Å². The molecule has 0 aliphatic carbocycles. The lowest BCUT2D eigenvalue weighted by Gasteiger charge is -2.18. The van der Waals surface area contributed by atoms with E-state index >= 15 is 0 Å². The van der Waals surface area contributed by atoms with E-state index in [0.29, 0.717) is 12.8 Å². The van der Waals surface area contributed by atoms with Crippen LogP contribution in [0.2, 0.25) is 13.1 Å². The Kier molecular flexibility index (Phi) is 8.39. The number of hydrogen-bond acceptors (Lipinski definition) is 2. The molecule has 0 saturated heterocycles. The summed E-state index contributed by atoms with van der Waals surface area (Å²) < 4.78 is 0. The van der Waals surface area contributed by atoms with Gasteiger partial charge in [0.25, 0.3) is 0 Å². The molecule has 100 valence electrons. The van der Waals surface area contributed by atoms with Crippen LogP contribution in [-0.4, -0.2) is 18.9 Å². The van der Waals surface area contributed by atoms with E-state index in [2.05, 4.69) is 13.8 Å². The molecule has 0 atom stereocenters. The van der Waals surface area contributed by atoms with Crippen molar-refractivity contribution in [3.05, 3.63) is 0 Å². The molecule has 0 amide bonds. The van der Waals surface area contributed by atoms with Crippen LogP contribution in [0.3, 0.4) is 0 Å². The molecule has 0 aliphatic heterocycles. The Hall–Kier alpha value is -0.443. The zero-order valence-corrected chi connectivity index (χ0v) is 13.0. The van der Waals surface area contributed by atoms with Crippen molar-refractivity contribution >= 4 is 18.9 Å². The monoisotopic (exact) mass is 256 g/mol. The van der Waals surface area contributed by atoms with Crippen LogP contribution in [0.25, 0.3) is 0 Å². The van der Waals surface area contributed by atoms with Gasteiger partial charge in [0.05, 0.1) is 0 Å². The maximum absolute atomic E-state index is 12.1. The maximum Gasteiger partial charge on any atom is 0.202 e. The summed E-state index contributed by atoms with van der Waals surface area (Å²) in [5.74, 6) is 0. The Morgan fingerprint density at radius 1 is 0.765 bits per heavy atom. The third-order valence-electron chi connectivity index (χ3n) is 3.41. The third-order valence-corrected chi connectivity index (χ3v) is 6.70. The summed E-state index contributed by atoms with van der Waals surface area (Å²) in [7, 11) is -2.29. The Morgan fingerprint density at radius 3 is 1.41 bits per heavy atom. The summed E-state index contributed by atoms with van der Waals surface area (Å²) in [4.78, 5) is 24.1. The minimum atomic E-state index is -2.29. The summed E-state index contributed by atoms with van der Waals surface area (Å²) in [6.07, 6.45) is 7.58. The van der Waals surface area contributed by atoms with Crippen molar-refractivity contribution in [1.29, 1.82) is 0 Å². The number of unbranched alkanes of at least 4 members (excludes halogenated alkanes) is 4. The molecule has 0 saturated carbocycles. The second kappa shape index (κ2) is 8.62. The molecule has 0 bridgehead atoms. The summed E-state index contributed by atoms with van der Waals surface area (Å²) in [5, 5.41) is 0.514. The van der Waals surface area contributed by atoms with Gasteiger partial charge in [0, 0.05) is 12.8 Å². The van der Waals surface area contributed by atoms with Gasteiger partial charge in [-0.1, -0.05) is 52.6 Å². The van der Waals surface area contributed by atoms with Gasteiger partial charge in [0.2, 0.25) is 8.07 Å². The molecule has 2 nitrogen and oxygen atoms in total. The highest BCUT2D eigenvalue weighted by atomic mass is 28.3. The van der Waals surface area contributed by atoms with Crippen molar-refractivity contribution in [3.63, 3.8) is 0 Å². The van der Waals surface area contributed by atoms with Crippen LogP contribution in [0, 0.1) is 0 Å². The van der Waals surface area contributed by atoms with Crippen molar-refractivity contribution in [1.82, 2.24) is 0 Å². The minimum absolute atomic E-state index is 0.257. The number of carbonyl (C=O) groups excluding carboxylic acids is 2. The SMILES string of the molecule is CCCCCC(=O)[Si](C)(C)C(=O)CCCCC. The molecule has 0 radical (unpaired) electrons. The highest BCUT2D eigenvalue weighted by Crippen LogP contribution is 2.15. The van der Waals surface area contributed by atoms with Crippen LogP contribution >= 0.6 is 0 Å². The summed E-state index contributed by atoms with van der Waals surface area (Å²) in [5.41, 5.74) is 0. The fourth-order valence-corrected chi connectivity index (χ4v) is 3.77. The normalized spacial score (nSPS) is 11.5. The lowest BCUT2D eigenvalue weighted by molar-refractivity contribution is -0.116. The molecule has 0 unspecified atom stereocenters. The van der Waals surface area contributed by atoms with Crippen molar-refractivity contribution < 1.29 is 9.59 Å². The summed E-state index contributed by atoms with van der Waals surface area (Å²) >= 11 is 0. The molecule has 0 fully saturated rings. The largest absolute Gasteiger partial charge is 0.305 e. The van der Waals surface area contributed by atoms with Gasteiger partial charge < -0.3 is 9.59 Å². The van der Waals surface area contributed by atoms with Gasteiger partial charge >= 0.3 is 0 Å². The first-order valence-corrected chi connectivity index (χ1v) is 10.0. The van der Waals surface area contributed by atoms with Gasteiger partial charge in [0.15, 0.2) is 0 Å². The topological polar surface area (TPSA) is 34.1 Å². The Labute approximate surface area is 107 Å². The van der Waals surface area contributed by atoms with Crippen LogP contribution < -0.4 is 0 Å². The standard InChI is InChI=1S/C14H28O2Si/c1-5-7-9-11-13(15)17(3,4)14(16)12-10-8-6-2/h5-12H2,1-4H3. The van der Waals surface area contributed by atoms with E-state index < -0.39 is 8.07 Å². The average Bonchev–Trinajstić information content (AvgIpc) is 2.29. The van der Waals surface area contributed by atoms with E-state index in [9.17, 15) is 9.59 Å². The van der Waals surface area contributed by atoms with E-state index in [4.69, 9.17) is 0 Å². The molecule has 17 heavy (non-hydrogen) atoms. The smallest absolute Gasteiger partial charge is 0.202 e. The summed E-state index contributed by atoms with van der Waals surface area (Å²) in [6, 6.07) is 0. The molecular formula is C14H28O2Si. The number of carbonyl (C=O) groups is 2. The zero-order valence-electron chi connectivity index (χ0n) is 12.0. The molecule has 0 aromatic rings. The van der Waals surface area contributed by atoms with Crippen molar-refractivity contribution in [2.24, 2.45) is 0 Å². The van der Waals surface area contributed by atoms with Crippen LogP contribution in [0.15, 0.2) is 0 Å².